The van der Waals surface area contributed by atoms with Crippen LogP contribution in [0.15, 0.2) is 12.2 Å². The van der Waals surface area contributed by atoms with Crippen molar-refractivity contribution in [1.82, 2.24) is 0 Å². The first-order chi connectivity index (χ1) is 9.04. The number of ether oxygens (including phenoxy) is 2. The van der Waals surface area contributed by atoms with Crippen LogP contribution < -0.4 is 0 Å². The number of carbonyl (C=O) groups is 1. The third-order valence-electron chi connectivity index (χ3n) is 2.44. The molecule has 1 fully saturated rings. The molecule has 0 bridgehead atoms. The molecule has 1 saturated heterocycles. The lowest BCUT2D eigenvalue weighted by molar-refractivity contribution is -0.139. The lowest BCUT2D eigenvalue weighted by Gasteiger charge is -2.07. The summed E-state index contributed by atoms with van der Waals surface area (Å²) in [5.41, 5.74) is 0.431. The zero-order chi connectivity index (χ0) is 14.7. The van der Waals surface area contributed by atoms with Gasteiger partial charge in [-0.15, -0.1) is 0 Å². The van der Waals surface area contributed by atoms with Crippen LogP contribution >= 0.6 is 0 Å². The van der Waals surface area contributed by atoms with Gasteiger partial charge in [0, 0.05) is 31.3 Å². The van der Waals surface area contributed by atoms with Crippen LogP contribution in [0.5, 0.6) is 0 Å². The van der Waals surface area contributed by atoms with Gasteiger partial charge < -0.3 is 24.8 Å². The molecule has 0 aromatic heterocycles. The highest BCUT2D eigenvalue weighted by Crippen LogP contribution is 2.09. The molecule has 1 aliphatic heterocycles. The molecule has 6 nitrogen and oxygen atoms in total. The Balaban J connectivity index is 0.000000344. The first-order valence-electron chi connectivity index (χ1n) is 6.31. The summed E-state index contributed by atoms with van der Waals surface area (Å²) in [7, 11) is 0. The van der Waals surface area contributed by atoms with Crippen molar-refractivity contribution in [1.29, 1.82) is 0 Å². The minimum Gasteiger partial charge on any atom is -0.459 e. The van der Waals surface area contributed by atoms with E-state index in [-0.39, 0.29) is 37.8 Å². The summed E-state index contributed by atoms with van der Waals surface area (Å²) in [6.07, 6.45) is 1.50. The van der Waals surface area contributed by atoms with E-state index in [2.05, 4.69) is 6.58 Å². The number of epoxide rings is 1. The number of hydrogen-bond acceptors (Lipinski definition) is 6. The summed E-state index contributed by atoms with van der Waals surface area (Å²) in [5.74, 6) is -0.382. The fraction of sp³-hybridized carbons (Fsp3) is 0.769. The average molecular weight is 276 g/mol. The maximum absolute atomic E-state index is 10.7. The Morgan fingerprint density at radius 1 is 1.42 bits per heavy atom. The van der Waals surface area contributed by atoms with Gasteiger partial charge in [0.25, 0.3) is 0 Å². The van der Waals surface area contributed by atoms with Crippen molar-refractivity contribution in [3.8, 4) is 0 Å². The number of aliphatic hydroxyl groups excluding tert-OH is 3. The number of hydrogen-bond donors (Lipinski definition) is 3. The van der Waals surface area contributed by atoms with Crippen LogP contribution in [0, 0.1) is 5.92 Å². The first-order valence-corrected chi connectivity index (χ1v) is 6.31. The van der Waals surface area contributed by atoms with E-state index in [0.717, 1.165) is 0 Å². The number of rotatable bonds is 8. The highest BCUT2D eigenvalue weighted by Gasteiger charge is 2.24. The summed E-state index contributed by atoms with van der Waals surface area (Å²) in [5, 5.41) is 25.4. The summed E-state index contributed by atoms with van der Waals surface area (Å²) >= 11 is 0. The Bertz CT molecular complexity index is 258. The van der Waals surface area contributed by atoms with E-state index >= 15 is 0 Å². The van der Waals surface area contributed by atoms with E-state index in [1.165, 1.54) is 0 Å². The van der Waals surface area contributed by atoms with Crippen molar-refractivity contribution in [2.45, 2.75) is 25.9 Å². The van der Waals surface area contributed by atoms with Gasteiger partial charge in [0.2, 0.25) is 0 Å². The summed E-state index contributed by atoms with van der Waals surface area (Å²) in [4.78, 5) is 10.7. The van der Waals surface area contributed by atoms with Crippen LogP contribution in [0.2, 0.25) is 0 Å². The molecule has 6 heteroatoms. The monoisotopic (exact) mass is 276 g/mol. The molecule has 1 unspecified atom stereocenters. The molecule has 0 aromatic rings. The van der Waals surface area contributed by atoms with Crippen molar-refractivity contribution >= 4 is 5.97 Å². The zero-order valence-corrected chi connectivity index (χ0v) is 11.4. The van der Waals surface area contributed by atoms with Gasteiger partial charge in [-0.3, -0.25) is 0 Å². The molecule has 1 aliphatic rings. The highest BCUT2D eigenvalue weighted by molar-refractivity contribution is 5.86. The summed E-state index contributed by atoms with van der Waals surface area (Å²) < 4.78 is 9.60. The normalized spacial score (nSPS) is 16.6. The maximum atomic E-state index is 10.7. The Morgan fingerprint density at radius 3 is 2.37 bits per heavy atom. The molecular formula is C13H24O6. The van der Waals surface area contributed by atoms with E-state index < -0.39 is 0 Å². The number of carbonyl (C=O) groups excluding carboxylic acids is 1. The largest absolute Gasteiger partial charge is 0.459 e. The van der Waals surface area contributed by atoms with Crippen LogP contribution in [-0.2, 0) is 14.3 Å². The molecule has 1 heterocycles. The molecule has 0 spiro atoms. The molecule has 112 valence electrons. The molecule has 1 atom stereocenters. The lowest BCUT2D eigenvalue weighted by Crippen LogP contribution is -2.11. The van der Waals surface area contributed by atoms with Crippen LogP contribution in [0.4, 0.5) is 0 Å². The third kappa shape index (κ3) is 10.6. The van der Waals surface area contributed by atoms with Crippen LogP contribution in [0.1, 0.15) is 19.8 Å². The molecule has 3 N–H and O–H groups in total. The van der Waals surface area contributed by atoms with E-state index in [4.69, 9.17) is 24.8 Å². The molecule has 1 rings (SSSR count). The standard InChI is InChI=1S/C7H10O3.C6H14O3/c1-5(2)7(8)10-4-6-3-9-6;7-3-1-2-6(4-8)5-9/h6H,1,3-4H2,2H3;6-9H,1-5H2. The van der Waals surface area contributed by atoms with Crippen molar-refractivity contribution in [2.75, 3.05) is 33.0 Å². The van der Waals surface area contributed by atoms with Gasteiger partial charge >= 0.3 is 5.97 Å². The molecule has 0 radical (unpaired) electrons. The van der Waals surface area contributed by atoms with E-state index in [9.17, 15) is 4.79 Å². The van der Waals surface area contributed by atoms with Crippen LogP contribution in [-0.4, -0.2) is 60.4 Å². The maximum Gasteiger partial charge on any atom is 0.333 e. The minimum absolute atomic E-state index is 0.0104. The van der Waals surface area contributed by atoms with Gasteiger partial charge in [0.1, 0.15) is 12.7 Å². The van der Waals surface area contributed by atoms with E-state index in [1.807, 2.05) is 0 Å². The number of aliphatic hydroxyl groups is 3. The highest BCUT2D eigenvalue weighted by atomic mass is 16.6. The summed E-state index contributed by atoms with van der Waals surface area (Å²) in [6, 6.07) is 0. The lowest BCUT2D eigenvalue weighted by atomic mass is 10.1. The predicted octanol–water partition coefficient (Wildman–Crippen LogP) is -0.136. The van der Waals surface area contributed by atoms with E-state index in [0.29, 0.717) is 31.6 Å². The minimum atomic E-state index is -0.337. The van der Waals surface area contributed by atoms with E-state index in [1.54, 1.807) is 6.92 Å². The van der Waals surface area contributed by atoms with Gasteiger partial charge in [-0.2, -0.15) is 0 Å². The second-order valence-corrected chi connectivity index (χ2v) is 4.43. The van der Waals surface area contributed by atoms with Gasteiger partial charge in [-0.25, -0.2) is 4.79 Å². The van der Waals surface area contributed by atoms with Crippen LogP contribution in [0.25, 0.3) is 0 Å². The van der Waals surface area contributed by atoms with Crippen molar-refractivity contribution in [3.63, 3.8) is 0 Å². The smallest absolute Gasteiger partial charge is 0.333 e. The molecule has 0 saturated carbocycles. The molecular weight excluding hydrogens is 252 g/mol. The topological polar surface area (TPSA) is 99.5 Å². The fourth-order valence-corrected chi connectivity index (χ4v) is 1.08. The van der Waals surface area contributed by atoms with Gasteiger partial charge in [-0.05, 0) is 19.8 Å². The van der Waals surface area contributed by atoms with Crippen molar-refractivity contribution < 1.29 is 29.6 Å². The molecule has 0 amide bonds. The molecule has 0 aliphatic carbocycles. The summed E-state index contributed by atoms with van der Waals surface area (Å²) in [6.45, 7) is 6.29. The van der Waals surface area contributed by atoms with Crippen LogP contribution in [0.3, 0.4) is 0 Å². The second kappa shape index (κ2) is 10.9. The Morgan fingerprint density at radius 2 is 2.00 bits per heavy atom. The predicted molar refractivity (Wildman–Crippen MR) is 69.5 cm³/mol. The zero-order valence-electron chi connectivity index (χ0n) is 11.4. The van der Waals surface area contributed by atoms with Crippen molar-refractivity contribution in [3.05, 3.63) is 12.2 Å². The fourth-order valence-electron chi connectivity index (χ4n) is 1.08. The van der Waals surface area contributed by atoms with Gasteiger partial charge in [-0.1, -0.05) is 6.58 Å². The molecule has 0 aromatic carbocycles. The average Bonchev–Trinajstić information content (AvgIpc) is 3.22. The van der Waals surface area contributed by atoms with Crippen molar-refractivity contribution in [2.24, 2.45) is 5.92 Å². The Labute approximate surface area is 113 Å². The number of esters is 1. The Hall–Kier alpha value is -0.950. The van der Waals surface area contributed by atoms with Gasteiger partial charge in [0.15, 0.2) is 0 Å². The quantitative estimate of drug-likeness (QED) is 0.324. The second-order valence-electron chi connectivity index (χ2n) is 4.43. The first kappa shape index (κ1) is 18.0. The Kier molecular flexibility index (Phi) is 10.4. The third-order valence-corrected chi connectivity index (χ3v) is 2.44. The van der Waals surface area contributed by atoms with Gasteiger partial charge in [0.05, 0.1) is 6.61 Å². The SMILES string of the molecule is C=C(C)C(=O)OCC1CO1.OCCCC(CO)CO. The molecule has 19 heavy (non-hydrogen) atoms.